The van der Waals surface area contributed by atoms with Crippen LogP contribution in [0.25, 0.3) is 10.9 Å². The summed E-state index contributed by atoms with van der Waals surface area (Å²) in [5, 5.41) is 11.0. The summed E-state index contributed by atoms with van der Waals surface area (Å²) in [4.78, 5) is 28.9. The van der Waals surface area contributed by atoms with Crippen molar-refractivity contribution >= 4 is 22.8 Å². The van der Waals surface area contributed by atoms with Gasteiger partial charge in [0.15, 0.2) is 0 Å². The van der Waals surface area contributed by atoms with E-state index in [4.69, 9.17) is 9.47 Å². The second-order valence-electron chi connectivity index (χ2n) is 10.3. The van der Waals surface area contributed by atoms with Crippen LogP contribution in [0.5, 0.6) is 5.75 Å². The van der Waals surface area contributed by atoms with Crippen LogP contribution in [0.4, 0.5) is 0 Å². The van der Waals surface area contributed by atoms with E-state index in [2.05, 4.69) is 21.6 Å². The number of carbonyl (C=O) groups is 2. The van der Waals surface area contributed by atoms with Gasteiger partial charge in [0.25, 0.3) is 0 Å². The minimum atomic E-state index is -0.694. The Morgan fingerprint density at radius 3 is 2.15 bits per heavy atom. The maximum absolute atomic E-state index is 13.4. The number of ether oxygens (including phenoxy) is 2. The Hall–Kier alpha value is -4.10. The maximum Gasteiger partial charge on any atom is 0.340 e. The summed E-state index contributed by atoms with van der Waals surface area (Å²) < 4.78 is 13.2. The molecule has 1 fully saturated rings. The van der Waals surface area contributed by atoms with Crippen molar-refractivity contribution in [2.45, 2.75) is 45.2 Å². The van der Waals surface area contributed by atoms with Crippen LogP contribution < -0.4 is 0 Å². The summed E-state index contributed by atoms with van der Waals surface area (Å²) in [6, 6.07) is 25.2. The fourth-order valence-electron chi connectivity index (χ4n) is 5.88. The molecule has 1 saturated heterocycles. The van der Waals surface area contributed by atoms with E-state index in [9.17, 15) is 14.7 Å². The zero-order chi connectivity index (χ0) is 28.1. The highest BCUT2D eigenvalue weighted by atomic mass is 16.5. The van der Waals surface area contributed by atoms with Gasteiger partial charge in [-0.2, -0.15) is 0 Å². The van der Waals surface area contributed by atoms with E-state index in [0.29, 0.717) is 56.6 Å². The van der Waals surface area contributed by atoms with Crippen LogP contribution in [0, 0.1) is 0 Å². The van der Waals surface area contributed by atoms with Gasteiger partial charge in [0.2, 0.25) is 0 Å². The summed E-state index contributed by atoms with van der Waals surface area (Å²) in [7, 11) is 0. The topological polar surface area (TPSA) is 81.0 Å². The Bertz CT molecular complexity index is 1470. The standard InChI is InChI=1S/C33H36N2O5/c1-3-39-31(37)30-27-21-26(36)15-16-28(27)35(22-24-11-7-5-8-12-24)29(30)23-34-19-17-33(18-20-34,32(38)40-4-2)25-13-9-6-10-14-25/h5-16,21,36H,3-4,17-20,22-23H2,1-2H3. The number of hydrogen-bond acceptors (Lipinski definition) is 6. The highest BCUT2D eigenvalue weighted by molar-refractivity contribution is 6.06. The number of phenols is 1. The molecule has 0 unspecified atom stereocenters. The highest BCUT2D eigenvalue weighted by Gasteiger charge is 2.44. The zero-order valence-electron chi connectivity index (χ0n) is 23.1. The van der Waals surface area contributed by atoms with Gasteiger partial charge in [-0.3, -0.25) is 9.69 Å². The van der Waals surface area contributed by atoms with E-state index in [-0.39, 0.29) is 18.3 Å². The fraction of sp³-hybridized carbons (Fsp3) is 0.333. The molecule has 7 heteroatoms. The number of benzene rings is 3. The normalized spacial score (nSPS) is 15.2. The Kier molecular flexibility index (Phi) is 8.21. The van der Waals surface area contributed by atoms with E-state index in [1.807, 2.05) is 61.5 Å². The number of rotatable bonds is 9. The number of nitrogens with zero attached hydrogens (tertiary/aromatic N) is 2. The second-order valence-corrected chi connectivity index (χ2v) is 10.3. The van der Waals surface area contributed by atoms with E-state index in [1.165, 1.54) is 0 Å². The SMILES string of the molecule is CCOC(=O)c1c(CN2CCC(C(=O)OCC)(c3ccccc3)CC2)n(Cc2ccccc2)c2ccc(O)cc12. The lowest BCUT2D eigenvalue weighted by Crippen LogP contribution is -2.48. The molecule has 0 radical (unpaired) electrons. The van der Waals surface area contributed by atoms with E-state index in [1.54, 1.807) is 19.1 Å². The van der Waals surface area contributed by atoms with Gasteiger partial charge in [-0.25, -0.2) is 4.79 Å². The molecule has 40 heavy (non-hydrogen) atoms. The number of phenolic OH excluding ortho intramolecular Hbond substituents is 1. The third-order valence-electron chi connectivity index (χ3n) is 7.89. The molecule has 0 bridgehead atoms. The van der Waals surface area contributed by atoms with Crippen molar-refractivity contribution in [3.05, 3.63) is 101 Å². The minimum absolute atomic E-state index is 0.0986. The summed E-state index contributed by atoms with van der Waals surface area (Å²) in [5.41, 5.74) is 3.57. The Morgan fingerprint density at radius 2 is 1.50 bits per heavy atom. The summed E-state index contributed by atoms with van der Waals surface area (Å²) in [5.74, 6) is -0.481. The second kappa shape index (κ2) is 12.0. The smallest absolute Gasteiger partial charge is 0.340 e. The molecular formula is C33H36N2O5. The lowest BCUT2D eigenvalue weighted by atomic mass is 9.72. The van der Waals surface area contributed by atoms with Crippen molar-refractivity contribution in [3.63, 3.8) is 0 Å². The first-order valence-electron chi connectivity index (χ1n) is 14.0. The molecule has 1 N–H and O–H groups in total. The molecule has 1 aliphatic heterocycles. The number of aromatic nitrogens is 1. The quantitative estimate of drug-likeness (QED) is 0.276. The average Bonchev–Trinajstić information content (AvgIpc) is 3.26. The number of hydrogen-bond donors (Lipinski definition) is 1. The van der Waals surface area contributed by atoms with Gasteiger partial charge in [0, 0.05) is 29.7 Å². The maximum atomic E-state index is 13.4. The van der Waals surface area contributed by atoms with Crippen molar-refractivity contribution in [1.29, 1.82) is 0 Å². The minimum Gasteiger partial charge on any atom is -0.508 e. The lowest BCUT2D eigenvalue weighted by Gasteiger charge is -2.40. The molecule has 0 saturated carbocycles. The van der Waals surface area contributed by atoms with Crippen molar-refractivity contribution in [2.24, 2.45) is 0 Å². The molecule has 1 aliphatic rings. The van der Waals surface area contributed by atoms with Gasteiger partial charge >= 0.3 is 11.9 Å². The van der Waals surface area contributed by atoms with Crippen LogP contribution >= 0.6 is 0 Å². The first-order valence-corrected chi connectivity index (χ1v) is 14.0. The van der Waals surface area contributed by atoms with Gasteiger partial charge in [-0.15, -0.1) is 0 Å². The Labute approximate surface area is 234 Å². The van der Waals surface area contributed by atoms with Gasteiger partial charge < -0.3 is 19.1 Å². The van der Waals surface area contributed by atoms with Gasteiger partial charge in [-0.1, -0.05) is 60.7 Å². The number of fused-ring (bicyclic) bond motifs is 1. The molecule has 1 aromatic heterocycles. The molecule has 0 spiro atoms. The Balaban J connectivity index is 1.52. The van der Waals surface area contributed by atoms with Gasteiger partial charge in [0.1, 0.15) is 5.75 Å². The molecule has 7 nitrogen and oxygen atoms in total. The Morgan fingerprint density at radius 1 is 0.850 bits per heavy atom. The average molecular weight is 541 g/mol. The number of piperidine rings is 1. The van der Waals surface area contributed by atoms with Crippen molar-refractivity contribution in [3.8, 4) is 5.75 Å². The largest absolute Gasteiger partial charge is 0.508 e. The van der Waals surface area contributed by atoms with Gasteiger partial charge in [-0.05, 0) is 69.1 Å². The first-order chi connectivity index (χ1) is 19.5. The summed E-state index contributed by atoms with van der Waals surface area (Å²) >= 11 is 0. The van der Waals surface area contributed by atoms with Crippen LogP contribution in [-0.2, 0) is 32.8 Å². The molecular weight excluding hydrogens is 504 g/mol. The van der Waals surface area contributed by atoms with Gasteiger partial charge in [0.05, 0.1) is 24.2 Å². The fourth-order valence-corrected chi connectivity index (χ4v) is 5.88. The molecule has 0 amide bonds. The van der Waals surface area contributed by atoms with Crippen LogP contribution in [0.2, 0.25) is 0 Å². The predicted molar refractivity (Wildman–Crippen MR) is 154 cm³/mol. The zero-order valence-corrected chi connectivity index (χ0v) is 23.1. The van der Waals surface area contributed by atoms with Crippen LogP contribution in [-0.4, -0.2) is 52.8 Å². The van der Waals surface area contributed by atoms with E-state index in [0.717, 1.165) is 22.3 Å². The molecule has 4 aromatic rings. The first kappa shape index (κ1) is 27.5. The number of esters is 2. The number of likely N-dealkylation sites (tertiary alicyclic amines) is 1. The monoisotopic (exact) mass is 540 g/mol. The molecule has 0 aliphatic carbocycles. The third kappa shape index (κ3) is 5.34. The van der Waals surface area contributed by atoms with Crippen molar-refractivity contribution < 1.29 is 24.2 Å². The lowest BCUT2D eigenvalue weighted by molar-refractivity contribution is -0.152. The van der Waals surface area contributed by atoms with E-state index >= 15 is 0 Å². The van der Waals surface area contributed by atoms with Crippen LogP contribution in [0.15, 0.2) is 78.9 Å². The highest BCUT2D eigenvalue weighted by Crippen LogP contribution is 2.38. The summed E-state index contributed by atoms with van der Waals surface area (Å²) in [6.45, 7) is 6.62. The van der Waals surface area contributed by atoms with E-state index < -0.39 is 11.4 Å². The third-order valence-corrected chi connectivity index (χ3v) is 7.89. The number of aromatic hydroxyl groups is 1. The summed E-state index contributed by atoms with van der Waals surface area (Å²) in [6.07, 6.45) is 1.23. The molecule has 2 heterocycles. The molecule has 3 aromatic carbocycles. The van der Waals surface area contributed by atoms with Crippen LogP contribution in [0.1, 0.15) is 53.9 Å². The number of carbonyl (C=O) groups excluding carboxylic acids is 2. The molecule has 5 rings (SSSR count). The van der Waals surface area contributed by atoms with Crippen molar-refractivity contribution in [2.75, 3.05) is 26.3 Å². The molecule has 0 atom stereocenters. The predicted octanol–water partition coefficient (Wildman–Crippen LogP) is 5.67. The van der Waals surface area contributed by atoms with Crippen LogP contribution in [0.3, 0.4) is 0 Å². The van der Waals surface area contributed by atoms with Crippen molar-refractivity contribution in [1.82, 2.24) is 9.47 Å². The molecule has 208 valence electrons.